The molecule has 0 fully saturated rings. The average molecular weight is 413 g/mol. The molecule has 0 aliphatic rings. The van der Waals surface area contributed by atoms with E-state index in [-0.39, 0.29) is 22.3 Å². The Balaban J connectivity index is 1.99. The standard InChI is InChI=1S/C23H15N3O5/c1-26-16-4-2-3-14(21(24)28)19(16)25-15-10-9-13-17(11-5-7-12(27)8-6-11)22(29)31-23(30)18(13)20(15)26/h2-10,27H,1H3,(H2,24,28). The molecule has 5 rings (SSSR count). The summed E-state index contributed by atoms with van der Waals surface area (Å²) in [7, 11) is 1.74. The van der Waals surface area contributed by atoms with Crippen molar-refractivity contribution in [1.82, 2.24) is 9.55 Å². The van der Waals surface area contributed by atoms with Crippen LogP contribution in [0.1, 0.15) is 10.4 Å². The first kappa shape index (κ1) is 18.6. The van der Waals surface area contributed by atoms with Crippen LogP contribution >= 0.6 is 0 Å². The number of carbonyl (C=O) groups excluding carboxylic acids is 1. The molecule has 0 bridgehead atoms. The summed E-state index contributed by atoms with van der Waals surface area (Å²) < 4.78 is 6.79. The van der Waals surface area contributed by atoms with Crippen LogP contribution in [0.4, 0.5) is 0 Å². The highest BCUT2D eigenvalue weighted by Crippen LogP contribution is 2.31. The maximum absolute atomic E-state index is 12.8. The molecule has 5 aromatic rings. The van der Waals surface area contributed by atoms with E-state index < -0.39 is 17.2 Å². The first-order valence-electron chi connectivity index (χ1n) is 9.35. The Hall–Kier alpha value is -4.46. The van der Waals surface area contributed by atoms with Gasteiger partial charge in [0.25, 0.3) is 5.91 Å². The lowest BCUT2D eigenvalue weighted by Gasteiger charge is -2.14. The van der Waals surface area contributed by atoms with Gasteiger partial charge in [0.1, 0.15) is 11.3 Å². The Bertz CT molecular complexity index is 1660. The Morgan fingerprint density at radius 2 is 1.77 bits per heavy atom. The number of hydrogen-bond acceptors (Lipinski definition) is 6. The topological polar surface area (TPSA) is 128 Å². The second kappa shape index (κ2) is 6.53. The van der Waals surface area contributed by atoms with Gasteiger partial charge in [-0.25, -0.2) is 14.6 Å². The van der Waals surface area contributed by atoms with Crippen LogP contribution in [0.3, 0.4) is 0 Å². The minimum atomic E-state index is -0.782. The van der Waals surface area contributed by atoms with Crippen molar-refractivity contribution in [3.63, 3.8) is 0 Å². The molecule has 31 heavy (non-hydrogen) atoms. The number of primary amides is 1. The number of nitrogens with two attached hydrogens (primary N) is 1. The number of para-hydroxylation sites is 1. The van der Waals surface area contributed by atoms with Gasteiger partial charge in [0.05, 0.1) is 33.1 Å². The third-order valence-corrected chi connectivity index (χ3v) is 5.38. The van der Waals surface area contributed by atoms with Gasteiger partial charge in [0.15, 0.2) is 0 Å². The van der Waals surface area contributed by atoms with Crippen LogP contribution in [0.5, 0.6) is 5.75 Å². The van der Waals surface area contributed by atoms with Gasteiger partial charge in [0, 0.05) is 12.4 Å². The summed E-state index contributed by atoms with van der Waals surface area (Å²) in [5.41, 5.74) is 6.83. The van der Waals surface area contributed by atoms with Crippen molar-refractivity contribution in [1.29, 1.82) is 0 Å². The average Bonchev–Trinajstić information content (AvgIpc) is 2.74. The number of phenolic OH excluding ortho intramolecular Hbond substituents is 1. The lowest BCUT2D eigenvalue weighted by molar-refractivity contribution is 0.100. The molecule has 0 unspecified atom stereocenters. The Morgan fingerprint density at radius 3 is 2.48 bits per heavy atom. The van der Waals surface area contributed by atoms with Crippen LogP contribution in [0.25, 0.3) is 44.0 Å². The van der Waals surface area contributed by atoms with Gasteiger partial charge in [-0.15, -0.1) is 0 Å². The maximum atomic E-state index is 12.8. The molecule has 8 nitrogen and oxygen atoms in total. The number of rotatable bonds is 2. The Labute approximate surface area is 173 Å². The number of amides is 1. The number of carbonyl (C=O) groups is 1. The van der Waals surface area contributed by atoms with E-state index in [0.29, 0.717) is 33.0 Å². The molecule has 152 valence electrons. The summed E-state index contributed by atoms with van der Waals surface area (Å²) in [6.07, 6.45) is 0. The fraction of sp³-hybridized carbons (Fsp3) is 0.0435. The molecule has 8 heteroatoms. The van der Waals surface area contributed by atoms with Gasteiger partial charge in [-0.05, 0) is 35.9 Å². The minimum Gasteiger partial charge on any atom is -0.508 e. The second-order valence-electron chi connectivity index (χ2n) is 7.16. The number of aromatic hydroxyl groups is 1. The summed E-state index contributed by atoms with van der Waals surface area (Å²) in [6.45, 7) is 0. The highest BCUT2D eigenvalue weighted by atomic mass is 16.4. The first-order valence-corrected chi connectivity index (χ1v) is 9.35. The predicted molar refractivity (Wildman–Crippen MR) is 116 cm³/mol. The third kappa shape index (κ3) is 2.69. The fourth-order valence-electron chi connectivity index (χ4n) is 3.98. The van der Waals surface area contributed by atoms with Crippen LogP contribution in [0, 0.1) is 0 Å². The molecule has 0 saturated heterocycles. The zero-order chi connectivity index (χ0) is 21.9. The lowest BCUT2D eigenvalue weighted by Crippen LogP contribution is -2.16. The van der Waals surface area contributed by atoms with Crippen LogP contribution in [-0.2, 0) is 7.05 Å². The molecule has 3 aromatic carbocycles. The predicted octanol–water partition coefficient (Wildman–Crippen LogP) is 2.66. The van der Waals surface area contributed by atoms with Gasteiger partial charge >= 0.3 is 11.3 Å². The second-order valence-corrected chi connectivity index (χ2v) is 7.16. The van der Waals surface area contributed by atoms with E-state index in [1.54, 1.807) is 54.1 Å². The van der Waals surface area contributed by atoms with Crippen molar-refractivity contribution >= 4 is 38.7 Å². The number of hydrogen-bond donors (Lipinski definition) is 2. The number of fused-ring (bicyclic) bond motifs is 4. The largest absolute Gasteiger partial charge is 0.508 e. The monoisotopic (exact) mass is 413 g/mol. The molecule has 1 amide bonds. The number of nitrogens with zero attached hydrogens (tertiary/aromatic N) is 2. The number of aromatic nitrogens is 2. The van der Waals surface area contributed by atoms with Gasteiger partial charge in [-0.1, -0.05) is 24.3 Å². The van der Waals surface area contributed by atoms with Crippen molar-refractivity contribution in [2.45, 2.75) is 0 Å². The molecule has 0 aliphatic carbocycles. The SMILES string of the molecule is Cn1c2cccc(C(N)=O)c2nc2ccc3c(-c4ccc(O)cc4)c(=O)oc(=O)c3c21. The third-order valence-electron chi connectivity index (χ3n) is 5.38. The van der Waals surface area contributed by atoms with Gasteiger partial charge in [0.2, 0.25) is 0 Å². The van der Waals surface area contributed by atoms with E-state index in [1.807, 2.05) is 0 Å². The quantitative estimate of drug-likeness (QED) is 0.338. The van der Waals surface area contributed by atoms with Gasteiger partial charge < -0.3 is 19.8 Å². The van der Waals surface area contributed by atoms with Crippen LogP contribution < -0.4 is 17.0 Å². The molecule has 0 saturated carbocycles. The Kier molecular flexibility index (Phi) is 3.91. The van der Waals surface area contributed by atoms with Crippen LogP contribution in [0.15, 0.2) is 68.6 Å². The summed E-state index contributed by atoms with van der Waals surface area (Å²) in [6, 6.07) is 14.4. The molecule has 0 atom stereocenters. The first-order chi connectivity index (χ1) is 14.9. The van der Waals surface area contributed by atoms with E-state index in [2.05, 4.69) is 4.98 Å². The highest BCUT2D eigenvalue weighted by Gasteiger charge is 2.19. The highest BCUT2D eigenvalue weighted by molar-refractivity contribution is 6.12. The van der Waals surface area contributed by atoms with E-state index >= 15 is 0 Å². The maximum Gasteiger partial charge on any atom is 0.348 e. The summed E-state index contributed by atoms with van der Waals surface area (Å²) in [5.74, 6) is -0.556. The number of aryl methyl sites for hydroxylation is 1. The minimum absolute atomic E-state index is 0.0515. The lowest BCUT2D eigenvalue weighted by atomic mass is 10.00. The summed E-state index contributed by atoms with van der Waals surface area (Å²) in [5, 5.41) is 10.2. The molecule has 0 aliphatic heterocycles. The molecule has 2 heterocycles. The molecule has 0 spiro atoms. The van der Waals surface area contributed by atoms with E-state index in [4.69, 9.17) is 10.2 Å². The molecular weight excluding hydrogens is 398 g/mol. The van der Waals surface area contributed by atoms with Crippen LogP contribution in [-0.4, -0.2) is 20.6 Å². The van der Waals surface area contributed by atoms with Crippen molar-refractivity contribution < 1.29 is 14.3 Å². The number of phenols is 1. The molecule has 2 aromatic heterocycles. The van der Waals surface area contributed by atoms with Gasteiger partial charge in [-0.2, -0.15) is 0 Å². The molecule has 3 N–H and O–H groups in total. The van der Waals surface area contributed by atoms with Crippen molar-refractivity contribution in [3.05, 3.63) is 81.0 Å². The van der Waals surface area contributed by atoms with E-state index in [9.17, 15) is 19.5 Å². The Morgan fingerprint density at radius 1 is 1.03 bits per heavy atom. The molecule has 0 radical (unpaired) electrons. The summed E-state index contributed by atoms with van der Waals surface area (Å²) >= 11 is 0. The van der Waals surface area contributed by atoms with E-state index in [0.717, 1.165) is 0 Å². The van der Waals surface area contributed by atoms with Crippen molar-refractivity contribution in [2.24, 2.45) is 12.8 Å². The zero-order valence-electron chi connectivity index (χ0n) is 16.2. The van der Waals surface area contributed by atoms with Gasteiger partial charge in [-0.3, -0.25) is 4.79 Å². The van der Waals surface area contributed by atoms with Crippen LogP contribution in [0.2, 0.25) is 0 Å². The van der Waals surface area contributed by atoms with E-state index in [1.165, 1.54) is 12.1 Å². The van der Waals surface area contributed by atoms with Crippen molar-refractivity contribution in [2.75, 3.05) is 0 Å². The smallest absolute Gasteiger partial charge is 0.348 e. The molecular formula is C23H15N3O5. The normalized spacial score (nSPS) is 11.4. The van der Waals surface area contributed by atoms with Crippen molar-refractivity contribution in [3.8, 4) is 16.9 Å². The number of benzene rings is 3. The zero-order valence-corrected chi connectivity index (χ0v) is 16.2. The summed E-state index contributed by atoms with van der Waals surface area (Å²) in [4.78, 5) is 41.8. The fourth-order valence-corrected chi connectivity index (χ4v) is 3.98.